The molecular formula is C23H30FNO3. The van der Waals surface area contributed by atoms with Crippen molar-refractivity contribution in [3.8, 4) is 11.5 Å². The summed E-state index contributed by atoms with van der Waals surface area (Å²) in [6.45, 7) is 2.31. The van der Waals surface area contributed by atoms with E-state index in [9.17, 15) is 9.50 Å². The number of unbranched alkanes of at least 4 members (excludes halogenated alkanes) is 1. The first-order chi connectivity index (χ1) is 13.6. The minimum atomic E-state index is -1.16. The number of para-hydroxylation sites is 2. The maximum atomic E-state index is 14.8. The standard InChI is InChI=1S/C23H30FNO3/c1-27-16-6-5-14-23(26,18-9-8-15-25-17-18)20-12-7-13-21(24)22(20)28-19-10-3-2-4-11-19/h2-4,7,10-13,18,25-26H,5-6,8-9,14-17H2,1H3/t18?,23-/m0/s1. The first-order valence-electron chi connectivity index (χ1n) is 10.1. The third kappa shape index (κ3) is 4.90. The Morgan fingerprint density at radius 3 is 2.68 bits per heavy atom. The van der Waals surface area contributed by atoms with Gasteiger partial charge in [-0.3, -0.25) is 0 Å². The fraction of sp³-hybridized carbons (Fsp3) is 0.478. The second-order valence-corrected chi connectivity index (χ2v) is 7.45. The summed E-state index contributed by atoms with van der Waals surface area (Å²) in [6, 6.07) is 14.0. The molecule has 2 aromatic carbocycles. The molecule has 3 rings (SSSR count). The number of methoxy groups -OCH3 is 1. The van der Waals surface area contributed by atoms with E-state index in [1.807, 2.05) is 18.2 Å². The number of nitrogens with one attached hydrogen (secondary N) is 1. The van der Waals surface area contributed by atoms with Gasteiger partial charge in [0.25, 0.3) is 0 Å². The van der Waals surface area contributed by atoms with E-state index in [4.69, 9.17) is 9.47 Å². The summed E-state index contributed by atoms with van der Waals surface area (Å²) >= 11 is 0. The van der Waals surface area contributed by atoms with Gasteiger partial charge < -0.3 is 19.9 Å². The molecule has 1 heterocycles. The highest BCUT2D eigenvalue weighted by Gasteiger charge is 2.41. The molecule has 0 radical (unpaired) electrons. The van der Waals surface area contributed by atoms with E-state index in [-0.39, 0.29) is 11.7 Å². The quantitative estimate of drug-likeness (QED) is 0.617. The molecule has 1 aliphatic heterocycles. The third-order valence-electron chi connectivity index (χ3n) is 5.53. The number of benzene rings is 2. The lowest BCUT2D eigenvalue weighted by Gasteiger charge is -2.40. The first kappa shape index (κ1) is 20.8. The van der Waals surface area contributed by atoms with Gasteiger partial charge in [0.05, 0.1) is 5.60 Å². The molecule has 0 bridgehead atoms. The average molecular weight is 387 g/mol. The second kappa shape index (κ2) is 10.0. The molecule has 28 heavy (non-hydrogen) atoms. The molecule has 5 heteroatoms. The normalized spacial score (nSPS) is 19.2. The van der Waals surface area contributed by atoms with Gasteiger partial charge in [-0.15, -0.1) is 0 Å². The van der Waals surface area contributed by atoms with Crippen LogP contribution in [0.3, 0.4) is 0 Å². The summed E-state index contributed by atoms with van der Waals surface area (Å²) in [5.74, 6) is 0.218. The second-order valence-electron chi connectivity index (χ2n) is 7.45. The molecular weight excluding hydrogens is 357 g/mol. The van der Waals surface area contributed by atoms with E-state index in [1.165, 1.54) is 6.07 Å². The highest BCUT2D eigenvalue weighted by molar-refractivity contribution is 5.43. The molecule has 0 spiro atoms. The summed E-state index contributed by atoms with van der Waals surface area (Å²) in [7, 11) is 1.68. The topological polar surface area (TPSA) is 50.7 Å². The van der Waals surface area contributed by atoms with E-state index < -0.39 is 11.4 Å². The summed E-state index contributed by atoms with van der Waals surface area (Å²) in [5.41, 5.74) is -0.629. The Hall–Kier alpha value is -1.95. The number of hydrogen-bond acceptors (Lipinski definition) is 4. The van der Waals surface area contributed by atoms with Crippen LogP contribution in [0.5, 0.6) is 11.5 Å². The van der Waals surface area contributed by atoms with E-state index in [2.05, 4.69) is 5.32 Å². The zero-order valence-electron chi connectivity index (χ0n) is 16.5. The number of aliphatic hydroxyl groups is 1. The number of halogens is 1. The van der Waals surface area contributed by atoms with Crippen molar-refractivity contribution in [1.82, 2.24) is 5.32 Å². The Bertz CT molecular complexity index is 734. The van der Waals surface area contributed by atoms with Crippen LogP contribution in [0.2, 0.25) is 0 Å². The monoisotopic (exact) mass is 387 g/mol. The highest BCUT2D eigenvalue weighted by Crippen LogP contribution is 2.44. The van der Waals surface area contributed by atoms with Crippen LogP contribution in [0.4, 0.5) is 4.39 Å². The molecule has 2 N–H and O–H groups in total. The molecule has 2 aromatic rings. The number of rotatable bonds is 9. The molecule has 1 fully saturated rings. The number of hydrogen-bond donors (Lipinski definition) is 2. The Balaban J connectivity index is 1.95. The molecule has 0 aromatic heterocycles. The van der Waals surface area contributed by atoms with Gasteiger partial charge in [0.1, 0.15) is 5.75 Å². The molecule has 2 atom stereocenters. The SMILES string of the molecule is COCCCC[C@@](O)(c1cccc(F)c1Oc1ccccc1)C1CCCNC1. The maximum absolute atomic E-state index is 14.8. The average Bonchev–Trinajstić information content (AvgIpc) is 2.74. The van der Waals surface area contributed by atoms with Gasteiger partial charge >= 0.3 is 0 Å². The molecule has 1 saturated heterocycles. The van der Waals surface area contributed by atoms with Crippen LogP contribution in [0.1, 0.15) is 37.7 Å². The molecule has 4 nitrogen and oxygen atoms in total. The smallest absolute Gasteiger partial charge is 0.169 e. The van der Waals surface area contributed by atoms with Gasteiger partial charge in [0, 0.05) is 31.7 Å². The lowest BCUT2D eigenvalue weighted by Crippen LogP contribution is -2.44. The van der Waals surface area contributed by atoms with Gasteiger partial charge in [0.2, 0.25) is 0 Å². The third-order valence-corrected chi connectivity index (χ3v) is 5.53. The maximum Gasteiger partial charge on any atom is 0.169 e. The van der Waals surface area contributed by atoms with Crippen molar-refractivity contribution in [2.75, 3.05) is 26.8 Å². The van der Waals surface area contributed by atoms with Gasteiger partial charge in [-0.05, 0) is 56.8 Å². The number of ether oxygens (including phenoxy) is 2. The minimum Gasteiger partial charge on any atom is -0.454 e. The fourth-order valence-corrected chi connectivity index (χ4v) is 4.02. The first-order valence-corrected chi connectivity index (χ1v) is 10.1. The van der Waals surface area contributed by atoms with Gasteiger partial charge in [-0.25, -0.2) is 4.39 Å². The Kier molecular flexibility index (Phi) is 7.43. The van der Waals surface area contributed by atoms with Crippen molar-refractivity contribution in [3.63, 3.8) is 0 Å². The van der Waals surface area contributed by atoms with Crippen LogP contribution >= 0.6 is 0 Å². The van der Waals surface area contributed by atoms with Crippen molar-refractivity contribution in [2.45, 2.75) is 37.7 Å². The van der Waals surface area contributed by atoms with Gasteiger partial charge in [-0.1, -0.05) is 30.3 Å². The Labute approximate surface area is 166 Å². The molecule has 1 unspecified atom stereocenters. The van der Waals surface area contributed by atoms with Crippen molar-refractivity contribution in [1.29, 1.82) is 0 Å². The predicted molar refractivity (Wildman–Crippen MR) is 108 cm³/mol. The fourth-order valence-electron chi connectivity index (χ4n) is 4.02. The van der Waals surface area contributed by atoms with Gasteiger partial charge in [-0.2, -0.15) is 0 Å². The summed E-state index contributed by atoms with van der Waals surface area (Å²) in [5, 5.41) is 15.2. The molecule has 0 amide bonds. The minimum absolute atomic E-state index is 0.00344. The largest absolute Gasteiger partial charge is 0.454 e. The summed E-state index contributed by atoms with van der Waals surface area (Å²) in [4.78, 5) is 0. The molecule has 0 saturated carbocycles. The Morgan fingerprint density at radius 2 is 1.96 bits per heavy atom. The van der Waals surface area contributed by atoms with Crippen LogP contribution in [0.25, 0.3) is 0 Å². The van der Waals surface area contributed by atoms with E-state index >= 15 is 0 Å². The number of piperidine rings is 1. The predicted octanol–water partition coefficient (Wildman–Crippen LogP) is 4.62. The van der Waals surface area contributed by atoms with Gasteiger partial charge in [0.15, 0.2) is 11.6 Å². The van der Waals surface area contributed by atoms with Crippen LogP contribution in [-0.2, 0) is 10.3 Å². The van der Waals surface area contributed by atoms with E-state index in [0.717, 1.165) is 32.2 Å². The van der Waals surface area contributed by atoms with E-state index in [0.29, 0.717) is 30.9 Å². The van der Waals surface area contributed by atoms with E-state index in [1.54, 1.807) is 31.4 Å². The van der Waals surface area contributed by atoms with Crippen LogP contribution in [0.15, 0.2) is 48.5 Å². The van der Waals surface area contributed by atoms with Crippen LogP contribution in [0, 0.1) is 11.7 Å². The van der Waals surface area contributed by atoms with Crippen molar-refractivity contribution >= 4 is 0 Å². The lowest BCUT2D eigenvalue weighted by atomic mass is 9.74. The lowest BCUT2D eigenvalue weighted by molar-refractivity contribution is -0.0450. The molecule has 152 valence electrons. The van der Waals surface area contributed by atoms with Crippen molar-refractivity contribution < 1.29 is 19.0 Å². The summed E-state index contributed by atoms with van der Waals surface area (Å²) in [6.07, 6.45) is 4.08. The molecule has 1 aliphatic rings. The Morgan fingerprint density at radius 1 is 1.14 bits per heavy atom. The van der Waals surface area contributed by atoms with Crippen molar-refractivity contribution in [2.24, 2.45) is 5.92 Å². The van der Waals surface area contributed by atoms with Crippen molar-refractivity contribution in [3.05, 3.63) is 59.9 Å². The molecule has 0 aliphatic carbocycles. The summed E-state index contributed by atoms with van der Waals surface area (Å²) < 4.78 is 25.9. The van der Waals surface area contributed by atoms with Crippen LogP contribution in [-0.4, -0.2) is 31.9 Å². The zero-order valence-corrected chi connectivity index (χ0v) is 16.5. The highest BCUT2D eigenvalue weighted by atomic mass is 19.1. The van der Waals surface area contributed by atoms with Crippen LogP contribution < -0.4 is 10.1 Å². The zero-order chi connectivity index (χ0) is 19.8.